The number of carbonyl (C=O) groups is 1. The van der Waals surface area contributed by atoms with Crippen LogP contribution >= 0.6 is 0 Å². The van der Waals surface area contributed by atoms with E-state index < -0.39 is 0 Å². The molecule has 0 aromatic heterocycles. The molecule has 1 aromatic carbocycles. The van der Waals surface area contributed by atoms with Gasteiger partial charge in [0.15, 0.2) is 0 Å². The molecule has 0 radical (unpaired) electrons. The number of benzene rings is 1. The van der Waals surface area contributed by atoms with Gasteiger partial charge in [-0.15, -0.1) is 0 Å². The van der Waals surface area contributed by atoms with E-state index in [4.69, 9.17) is 4.74 Å². The first-order valence-electron chi connectivity index (χ1n) is 7.29. The molecule has 0 aliphatic rings. The molecular weight excluding hydrogens is 252 g/mol. The largest absolute Gasteiger partial charge is 0.493 e. The SMILES string of the molecule is COC(=O)CCCOc1c(C(C)C)cccc1C(C)C. The molecule has 0 saturated carbocycles. The van der Waals surface area contributed by atoms with E-state index in [1.54, 1.807) is 0 Å². The first kappa shape index (κ1) is 16.5. The van der Waals surface area contributed by atoms with Crippen LogP contribution in [0.1, 0.15) is 63.5 Å². The average molecular weight is 278 g/mol. The van der Waals surface area contributed by atoms with Crippen LogP contribution in [0.2, 0.25) is 0 Å². The summed E-state index contributed by atoms with van der Waals surface area (Å²) in [6, 6.07) is 6.32. The maximum absolute atomic E-state index is 11.1. The standard InChI is InChI=1S/C17H26O3/c1-12(2)14-8-6-9-15(13(3)4)17(14)20-11-7-10-16(18)19-5/h6,8-9,12-13H,7,10-11H2,1-5H3. The first-order valence-corrected chi connectivity index (χ1v) is 7.29. The van der Waals surface area contributed by atoms with Gasteiger partial charge in [-0.2, -0.15) is 0 Å². The number of methoxy groups -OCH3 is 1. The monoisotopic (exact) mass is 278 g/mol. The Bertz CT molecular complexity index is 410. The van der Waals surface area contributed by atoms with Gasteiger partial charge in [0, 0.05) is 6.42 Å². The van der Waals surface area contributed by atoms with Gasteiger partial charge >= 0.3 is 5.97 Å². The number of para-hydroxylation sites is 1. The second kappa shape index (κ2) is 7.93. The predicted molar refractivity (Wildman–Crippen MR) is 81.4 cm³/mol. The molecule has 0 atom stereocenters. The number of carbonyl (C=O) groups excluding carboxylic acids is 1. The number of esters is 1. The van der Waals surface area contributed by atoms with Crippen molar-refractivity contribution in [2.75, 3.05) is 13.7 Å². The molecule has 0 saturated heterocycles. The minimum atomic E-state index is -0.185. The minimum Gasteiger partial charge on any atom is -0.493 e. The summed E-state index contributed by atoms with van der Waals surface area (Å²) in [4.78, 5) is 11.1. The van der Waals surface area contributed by atoms with Crippen LogP contribution in [0.3, 0.4) is 0 Å². The van der Waals surface area contributed by atoms with E-state index in [2.05, 4.69) is 50.6 Å². The summed E-state index contributed by atoms with van der Waals surface area (Å²) in [5.74, 6) is 1.64. The van der Waals surface area contributed by atoms with E-state index in [9.17, 15) is 4.79 Å². The molecule has 3 nitrogen and oxygen atoms in total. The minimum absolute atomic E-state index is 0.185. The lowest BCUT2D eigenvalue weighted by Crippen LogP contribution is -2.08. The van der Waals surface area contributed by atoms with Gasteiger partial charge < -0.3 is 9.47 Å². The van der Waals surface area contributed by atoms with Gasteiger partial charge in [-0.25, -0.2) is 0 Å². The third-order valence-corrected chi connectivity index (χ3v) is 3.32. The number of rotatable bonds is 7. The van der Waals surface area contributed by atoms with E-state index >= 15 is 0 Å². The maximum Gasteiger partial charge on any atom is 0.305 e. The third-order valence-electron chi connectivity index (χ3n) is 3.32. The van der Waals surface area contributed by atoms with Gasteiger partial charge in [0.2, 0.25) is 0 Å². The summed E-state index contributed by atoms with van der Waals surface area (Å²) in [7, 11) is 1.41. The summed E-state index contributed by atoms with van der Waals surface area (Å²) in [6.07, 6.45) is 1.08. The second-order valence-electron chi connectivity index (χ2n) is 5.60. The van der Waals surface area contributed by atoms with Crippen molar-refractivity contribution in [3.63, 3.8) is 0 Å². The molecule has 0 bridgehead atoms. The lowest BCUT2D eigenvalue weighted by atomic mass is 9.94. The second-order valence-corrected chi connectivity index (χ2v) is 5.60. The number of hydrogen-bond donors (Lipinski definition) is 0. The Hall–Kier alpha value is -1.51. The fourth-order valence-corrected chi connectivity index (χ4v) is 2.14. The Kier molecular flexibility index (Phi) is 6.56. The quantitative estimate of drug-likeness (QED) is 0.552. The number of ether oxygens (including phenoxy) is 2. The van der Waals surface area contributed by atoms with Crippen LogP contribution in [0.5, 0.6) is 5.75 Å². The molecule has 3 heteroatoms. The molecule has 1 aromatic rings. The van der Waals surface area contributed by atoms with E-state index in [1.165, 1.54) is 18.2 Å². The zero-order valence-electron chi connectivity index (χ0n) is 13.2. The van der Waals surface area contributed by atoms with Gasteiger partial charge in [0.05, 0.1) is 13.7 Å². The molecule has 20 heavy (non-hydrogen) atoms. The lowest BCUT2D eigenvalue weighted by Gasteiger charge is -2.19. The Labute approximate surface area is 122 Å². The van der Waals surface area contributed by atoms with Crippen molar-refractivity contribution in [2.24, 2.45) is 0 Å². The summed E-state index contributed by atoms with van der Waals surface area (Å²) in [5, 5.41) is 0. The average Bonchev–Trinajstić information content (AvgIpc) is 2.42. The van der Waals surface area contributed by atoms with E-state index in [1.807, 2.05) is 0 Å². The molecule has 0 spiro atoms. The van der Waals surface area contributed by atoms with Crippen LogP contribution in [0, 0.1) is 0 Å². The van der Waals surface area contributed by atoms with Crippen LogP contribution in [0.4, 0.5) is 0 Å². The molecule has 112 valence electrons. The molecule has 1 rings (SSSR count). The predicted octanol–water partition coefficient (Wildman–Crippen LogP) is 4.27. The van der Waals surface area contributed by atoms with Crippen LogP contribution < -0.4 is 4.74 Å². The molecule has 0 aliphatic carbocycles. The van der Waals surface area contributed by atoms with Crippen LogP contribution in [0.25, 0.3) is 0 Å². The molecule has 0 unspecified atom stereocenters. The lowest BCUT2D eigenvalue weighted by molar-refractivity contribution is -0.140. The highest BCUT2D eigenvalue weighted by atomic mass is 16.5. The zero-order chi connectivity index (χ0) is 15.1. The van der Waals surface area contributed by atoms with Crippen molar-refractivity contribution in [1.29, 1.82) is 0 Å². The van der Waals surface area contributed by atoms with Gasteiger partial charge in [-0.05, 0) is 29.4 Å². The van der Waals surface area contributed by atoms with Gasteiger partial charge in [0.1, 0.15) is 5.75 Å². The topological polar surface area (TPSA) is 35.5 Å². The summed E-state index contributed by atoms with van der Waals surface area (Å²) < 4.78 is 10.6. The van der Waals surface area contributed by atoms with Crippen LogP contribution in [-0.4, -0.2) is 19.7 Å². The van der Waals surface area contributed by atoms with Crippen molar-refractivity contribution >= 4 is 5.97 Å². The third kappa shape index (κ3) is 4.55. The van der Waals surface area contributed by atoms with Crippen molar-refractivity contribution in [1.82, 2.24) is 0 Å². The van der Waals surface area contributed by atoms with E-state index in [0.29, 0.717) is 31.3 Å². The van der Waals surface area contributed by atoms with Crippen LogP contribution in [-0.2, 0) is 9.53 Å². The van der Waals surface area contributed by atoms with E-state index in [0.717, 1.165) is 5.75 Å². The first-order chi connectivity index (χ1) is 9.47. The molecule has 0 heterocycles. The smallest absolute Gasteiger partial charge is 0.305 e. The molecular formula is C17H26O3. The zero-order valence-corrected chi connectivity index (χ0v) is 13.2. The highest BCUT2D eigenvalue weighted by molar-refractivity contribution is 5.69. The van der Waals surface area contributed by atoms with Crippen LogP contribution in [0.15, 0.2) is 18.2 Å². The van der Waals surface area contributed by atoms with Crippen molar-refractivity contribution in [2.45, 2.75) is 52.4 Å². The van der Waals surface area contributed by atoms with Gasteiger partial charge in [-0.1, -0.05) is 45.9 Å². The van der Waals surface area contributed by atoms with Crippen molar-refractivity contribution < 1.29 is 14.3 Å². The fourth-order valence-electron chi connectivity index (χ4n) is 2.14. The highest BCUT2D eigenvalue weighted by Crippen LogP contribution is 2.34. The van der Waals surface area contributed by atoms with Crippen molar-refractivity contribution in [3.8, 4) is 5.75 Å². The summed E-state index contributed by atoms with van der Waals surface area (Å²) in [5.41, 5.74) is 2.46. The number of hydrogen-bond acceptors (Lipinski definition) is 3. The van der Waals surface area contributed by atoms with Gasteiger partial charge in [0.25, 0.3) is 0 Å². The van der Waals surface area contributed by atoms with E-state index in [-0.39, 0.29) is 5.97 Å². The molecule has 0 N–H and O–H groups in total. The Morgan fingerprint density at radius 2 is 1.65 bits per heavy atom. The summed E-state index contributed by atoms with van der Waals surface area (Å²) >= 11 is 0. The molecule has 0 amide bonds. The summed E-state index contributed by atoms with van der Waals surface area (Å²) in [6.45, 7) is 9.21. The fraction of sp³-hybridized carbons (Fsp3) is 0.588. The highest BCUT2D eigenvalue weighted by Gasteiger charge is 2.15. The normalized spacial score (nSPS) is 10.9. The van der Waals surface area contributed by atoms with Crippen molar-refractivity contribution in [3.05, 3.63) is 29.3 Å². The molecule has 0 fully saturated rings. The Morgan fingerprint density at radius 1 is 1.10 bits per heavy atom. The maximum atomic E-state index is 11.1. The Balaban J connectivity index is 2.78. The van der Waals surface area contributed by atoms with Gasteiger partial charge in [-0.3, -0.25) is 4.79 Å². The Morgan fingerprint density at radius 3 is 2.10 bits per heavy atom. The molecule has 0 aliphatic heterocycles.